The normalized spacial score (nSPS) is 14.5. The number of nitrogens with zero attached hydrogens (tertiary/aromatic N) is 1. The molecule has 0 unspecified atom stereocenters. The number of anilines is 1. The first-order valence-corrected chi connectivity index (χ1v) is 13.3. The maximum atomic E-state index is 12.8. The number of rotatable bonds is 8. The van der Waals surface area contributed by atoms with Gasteiger partial charge in [-0.05, 0) is 40.8 Å². The van der Waals surface area contributed by atoms with Gasteiger partial charge in [0, 0.05) is 30.9 Å². The first-order chi connectivity index (χ1) is 16.4. The van der Waals surface area contributed by atoms with E-state index in [1.165, 1.54) is 15.6 Å². The van der Waals surface area contributed by atoms with E-state index in [4.69, 9.17) is 4.74 Å². The van der Waals surface area contributed by atoms with Crippen LogP contribution in [0, 0.1) is 0 Å². The van der Waals surface area contributed by atoms with Gasteiger partial charge >= 0.3 is 0 Å². The molecule has 2 heterocycles. The molecule has 4 rings (SSSR count). The van der Waals surface area contributed by atoms with Crippen LogP contribution in [0.4, 0.5) is 5.69 Å². The summed E-state index contributed by atoms with van der Waals surface area (Å²) < 4.78 is 32.3. The van der Waals surface area contributed by atoms with E-state index in [0.717, 1.165) is 5.56 Å². The fraction of sp³-hybridized carbons (Fsp3) is 0.250. The summed E-state index contributed by atoms with van der Waals surface area (Å²) >= 11 is 1.34. The summed E-state index contributed by atoms with van der Waals surface area (Å²) in [7, 11) is -3.48. The second-order valence-corrected chi connectivity index (χ2v) is 10.6. The topological polar surface area (TPSA) is 105 Å². The summed E-state index contributed by atoms with van der Waals surface area (Å²) in [4.78, 5) is 25.6. The van der Waals surface area contributed by atoms with Gasteiger partial charge in [-0.15, -0.1) is 11.3 Å². The van der Waals surface area contributed by atoms with Crippen molar-refractivity contribution in [3.63, 3.8) is 0 Å². The highest BCUT2D eigenvalue weighted by atomic mass is 32.2. The van der Waals surface area contributed by atoms with E-state index in [2.05, 4.69) is 10.6 Å². The third-order valence-electron chi connectivity index (χ3n) is 5.39. The highest BCUT2D eigenvalue weighted by molar-refractivity contribution is 7.88. The van der Waals surface area contributed by atoms with Crippen LogP contribution in [-0.4, -0.2) is 50.8 Å². The quantitative estimate of drug-likeness (QED) is 0.496. The van der Waals surface area contributed by atoms with Gasteiger partial charge in [-0.1, -0.05) is 36.4 Å². The van der Waals surface area contributed by atoms with Crippen LogP contribution in [-0.2, 0) is 27.1 Å². The van der Waals surface area contributed by atoms with Crippen molar-refractivity contribution in [1.82, 2.24) is 9.62 Å². The Labute approximate surface area is 202 Å². The Bertz CT molecular complexity index is 1250. The summed E-state index contributed by atoms with van der Waals surface area (Å²) in [5, 5.41) is 7.46. The second-order valence-electron chi connectivity index (χ2n) is 7.73. The smallest absolute Gasteiger partial charge is 0.265 e. The Morgan fingerprint density at radius 3 is 2.44 bits per heavy atom. The van der Waals surface area contributed by atoms with E-state index in [1.807, 2.05) is 17.5 Å². The Kier molecular flexibility index (Phi) is 7.73. The monoisotopic (exact) mass is 499 g/mol. The molecule has 0 spiro atoms. The average molecular weight is 500 g/mol. The van der Waals surface area contributed by atoms with E-state index in [9.17, 15) is 18.0 Å². The molecule has 2 aromatic carbocycles. The van der Waals surface area contributed by atoms with E-state index in [1.54, 1.807) is 48.5 Å². The van der Waals surface area contributed by atoms with E-state index in [-0.39, 0.29) is 24.1 Å². The SMILES string of the molecule is O=C(NCc1ccccc1CS(=O)(=O)N1CCOCC1)c1cccc(NC(=O)c2cccs2)c1. The van der Waals surface area contributed by atoms with Crippen LogP contribution in [0.25, 0.3) is 0 Å². The molecule has 1 saturated heterocycles. The number of hydrogen-bond donors (Lipinski definition) is 2. The molecule has 3 aromatic rings. The molecule has 8 nitrogen and oxygen atoms in total. The molecule has 0 bridgehead atoms. The number of carbonyl (C=O) groups excluding carboxylic acids is 2. The summed E-state index contributed by atoms with van der Waals surface area (Å²) in [6.45, 7) is 1.66. The average Bonchev–Trinajstić information content (AvgIpc) is 3.39. The first kappa shape index (κ1) is 24.1. The van der Waals surface area contributed by atoms with Gasteiger partial charge in [0.25, 0.3) is 11.8 Å². The minimum Gasteiger partial charge on any atom is -0.379 e. The van der Waals surface area contributed by atoms with Crippen molar-refractivity contribution in [3.8, 4) is 0 Å². The van der Waals surface area contributed by atoms with E-state index in [0.29, 0.717) is 48.0 Å². The minimum absolute atomic E-state index is 0.136. The maximum Gasteiger partial charge on any atom is 0.265 e. The van der Waals surface area contributed by atoms with Gasteiger partial charge in [-0.25, -0.2) is 8.42 Å². The van der Waals surface area contributed by atoms with Crippen LogP contribution >= 0.6 is 11.3 Å². The number of benzene rings is 2. The lowest BCUT2D eigenvalue weighted by atomic mass is 10.1. The van der Waals surface area contributed by atoms with Crippen molar-refractivity contribution in [1.29, 1.82) is 0 Å². The van der Waals surface area contributed by atoms with Crippen LogP contribution in [0.15, 0.2) is 66.0 Å². The second kappa shape index (κ2) is 10.9. The molecular weight excluding hydrogens is 474 g/mol. The minimum atomic E-state index is -3.48. The molecule has 34 heavy (non-hydrogen) atoms. The number of thiophene rings is 1. The molecule has 0 aliphatic carbocycles. The maximum absolute atomic E-state index is 12.8. The summed E-state index contributed by atoms with van der Waals surface area (Å²) in [5.74, 6) is -0.690. The lowest BCUT2D eigenvalue weighted by Crippen LogP contribution is -2.41. The largest absolute Gasteiger partial charge is 0.379 e. The Morgan fingerprint density at radius 2 is 1.71 bits per heavy atom. The van der Waals surface area contributed by atoms with Crippen LogP contribution in [0.1, 0.15) is 31.2 Å². The predicted molar refractivity (Wildman–Crippen MR) is 131 cm³/mol. The number of ether oxygens (including phenoxy) is 1. The molecule has 10 heteroatoms. The number of morpholine rings is 1. The number of hydrogen-bond acceptors (Lipinski definition) is 6. The van der Waals surface area contributed by atoms with Crippen molar-refractivity contribution in [2.24, 2.45) is 0 Å². The molecule has 0 radical (unpaired) electrons. The molecule has 1 aliphatic rings. The molecule has 0 saturated carbocycles. The van der Waals surface area contributed by atoms with Gasteiger partial charge in [-0.2, -0.15) is 4.31 Å². The lowest BCUT2D eigenvalue weighted by molar-refractivity contribution is 0.0729. The zero-order valence-electron chi connectivity index (χ0n) is 18.4. The molecule has 178 valence electrons. The van der Waals surface area contributed by atoms with Gasteiger partial charge < -0.3 is 15.4 Å². The van der Waals surface area contributed by atoms with Gasteiger partial charge in [0.1, 0.15) is 0 Å². The van der Waals surface area contributed by atoms with Crippen LogP contribution in [0.2, 0.25) is 0 Å². The fourth-order valence-corrected chi connectivity index (χ4v) is 5.78. The molecule has 1 aromatic heterocycles. The highest BCUT2D eigenvalue weighted by Gasteiger charge is 2.25. The highest BCUT2D eigenvalue weighted by Crippen LogP contribution is 2.18. The number of carbonyl (C=O) groups is 2. The molecule has 1 fully saturated rings. The number of sulfonamides is 1. The molecule has 2 N–H and O–H groups in total. The molecule has 1 aliphatic heterocycles. The van der Waals surface area contributed by atoms with E-state index >= 15 is 0 Å². The van der Waals surface area contributed by atoms with Crippen LogP contribution in [0.5, 0.6) is 0 Å². The fourth-order valence-electron chi connectivity index (χ4n) is 3.60. The summed E-state index contributed by atoms with van der Waals surface area (Å²) in [6, 6.07) is 17.4. The zero-order chi connectivity index (χ0) is 24.0. The molecular formula is C24H25N3O5S2. The Morgan fingerprint density at radius 1 is 0.941 bits per heavy atom. The summed E-state index contributed by atoms with van der Waals surface area (Å²) in [6.07, 6.45) is 0. The van der Waals surface area contributed by atoms with Gasteiger partial charge in [0.05, 0.1) is 23.8 Å². The van der Waals surface area contributed by atoms with Crippen molar-refractivity contribution >= 4 is 38.9 Å². The zero-order valence-corrected chi connectivity index (χ0v) is 20.0. The van der Waals surface area contributed by atoms with Crippen molar-refractivity contribution < 1.29 is 22.7 Å². The van der Waals surface area contributed by atoms with Gasteiger partial charge in [0.15, 0.2) is 0 Å². The number of nitrogens with one attached hydrogen (secondary N) is 2. The van der Waals surface area contributed by atoms with Gasteiger partial charge in [0.2, 0.25) is 10.0 Å². The van der Waals surface area contributed by atoms with Crippen LogP contribution < -0.4 is 10.6 Å². The van der Waals surface area contributed by atoms with Crippen molar-refractivity contribution in [3.05, 3.63) is 87.6 Å². The Balaban J connectivity index is 1.40. The van der Waals surface area contributed by atoms with Crippen molar-refractivity contribution in [2.45, 2.75) is 12.3 Å². The third-order valence-corrected chi connectivity index (χ3v) is 8.08. The van der Waals surface area contributed by atoms with E-state index < -0.39 is 10.0 Å². The molecule has 2 amide bonds. The standard InChI is InChI=1S/C24H25N3O5S2/c28-23(18-7-3-8-21(15-18)26-24(29)22-9-4-14-33-22)25-16-19-5-1-2-6-20(19)17-34(30,31)27-10-12-32-13-11-27/h1-9,14-15H,10-13,16-17H2,(H,25,28)(H,26,29). The predicted octanol–water partition coefficient (Wildman–Crippen LogP) is 3.09. The summed E-state index contributed by atoms with van der Waals surface area (Å²) in [5.41, 5.74) is 2.28. The molecule has 0 atom stereocenters. The van der Waals surface area contributed by atoms with Crippen molar-refractivity contribution in [2.75, 3.05) is 31.6 Å². The van der Waals surface area contributed by atoms with Gasteiger partial charge in [-0.3, -0.25) is 9.59 Å². The van der Waals surface area contributed by atoms with Crippen LogP contribution in [0.3, 0.4) is 0 Å². The number of amides is 2. The Hall–Kier alpha value is -3.05. The lowest BCUT2D eigenvalue weighted by Gasteiger charge is -2.26. The first-order valence-electron chi connectivity index (χ1n) is 10.8. The third kappa shape index (κ3) is 6.09.